The number of hydrogen-bond donors (Lipinski definition) is 0. The molecule has 2 aromatic rings. The van der Waals surface area contributed by atoms with Gasteiger partial charge in [0.1, 0.15) is 5.69 Å². The second-order valence-corrected chi connectivity index (χ2v) is 6.73. The lowest BCUT2D eigenvalue weighted by Gasteiger charge is -2.16. The van der Waals surface area contributed by atoms with Crippen molar-refractivity contribution >= 4 is 5.91 Å². The normalized spacial score (nSPS) is 21.1. The zero-order valence-electron chi connectivity index (χ0n) is 13.5. The van der Waals surface area contributed by atoms with Crippen LogP contribution in [0.5, 0.6) is 0 Å². The summed E-state index contributed by atoms with van der Waals surface area (Å²) in [4.78, 5) is 19.0. The maximum atomic E-state index is 12.6. The van der Waals surface area contributed by atoms with Gasteiger partial charge >= 0.3 is 0 Å². The van der Waals surface area contributed by atoms with E-state index in [0.717, 1.165) is 56.2 Å². The van der Waals surface area contributed by atoms with E-state index in [-0.39, 0.29) is 5.91 Å². The molecule has 3 heterocycles. The largest absolute Gasteiger partial charge is 0.339 e. The van der Waals surface area contributed by atoms with Crippen molar-refractivity contribution in [3.8, 4) is 0 Å². The van der Waals surface area contributed by atoms with E-state index in [2.05, 4.69) is 15.2 Å². The summed E-state index contributed by atoms with van der Waals surface area (Å²) in [6, 6.07) is 1.84. The van der Waals surface area contributed by atoms with Gasteiger partial charge in [-0.1, -0.05) is 5.16 Å². The Balaban J connectivity index is 1.38. The summed E-state index contributed by atoms with van der Waals surface area (Å²) < 4.78 is 6.97. The predicted molar refractivity (Wildman–Crippen MR) is 81.9 cm³/mol. The van der Waals surface area contributed by atoms with Crippen molar-refractivity contribution in [1.82, 2.24) is 24.8 Å². The topological polar surface area (TPSA) is 77.0 Å². The van der Waals surface area contributed by atoms with Crippen LogP contribution in [0.4, 0.5) is 0 Å². The van der Waals surface area contributed by atoms with Crippen LogP contribution in [-0.4, -0.2) is 43.8 Å². The van der Waals surface area contributed by atoms with Gasteiger partial charge in [-0.05, 0) is 38.2 Å². The fourth-order valence-corrected chi connectivity index (χ4v) is 3.26. The number of aryl methyl sites for hydroxylation is 2. The van der Waals surface area contributed by atoms with E-state index in [1.807, 2.05) is 24.9 Å². The second-order valence-electron chi connectivity index (χ2n) is 6.73. The summed E-state index contributed by atoms with van der Waals surface area (Å²) in [7, 11) is 1.81. The van der Waals surface area contributed by atoms with Crippen molar-refractivity contribution in [3.05, 3.63) is 29.2 Å². The lowest BCUT2D eigenvalue weighted by atomic mass is 10.1. The van der Waals surface area contributed by atoms with Crippen LogP contribution < -0.4 is 0 Å². The molecular weight excluding hydrogens is 294 g/mol. The third-order valence-corrected chi connectivity index (χ3v) is 4.68. The highest BCUT2D eigenvalue weighted by Crippen LogP contribution is 2.39. The van der Waals surface area contributed by atoms with Crippen LogP contribution in [0.15, 0.2) is 10.6 Å². The summed E-state index contributed by atoms with van der Waals surface area (Å²) in [5, 5.41) is 8.33. The first-order chi connectivity index (χ1) is 11.1. The minimum atomic E-state index is 0.0578. The number of likely N-dealkylation sites (tertiary alicyclic amines) is 1. The minimum Gasteiger partial charge on any atom is -0.339 e. The van der Waals surface area contributed by atoms with E-state index in [1.54, 1.807) is 4.68 Å². The fourth-order valence-electron chi connectivity index (χ4n) is 3.26. The third kappa shape index (κ3) is 2.87. The molecule has 23 heavy (non-hydrogen) atoms. The molecular formula is C16H21N5O2. The predicted octanol–water partition coefficient (Wildman–Crippen LogP) is 1.69. The van der Waals surface area contributed by atoms with Crippen molar-refractivity contribution in [2.45, 2.75) is 38.5 Å². The van der Waals surface area contributed by atoms with E-state index in [0.29, 0.717) is 17.5 Å². The molecule has 1 saturated carbocycles. The summed E-state index contributed by atoms with van der Waals surface area (Å²) in [6.07, 6.45) is 4.09. The lowest BCUT2D eigenvalue weighted by Crippen LogP contribution is -2.30. The number of nitrogens with zero attached hydrogens (tertiary/aromatic N) is 5. The second kappa shape index (κ2) is 5.47. The molecule has 1 aliphatic heterocycles. The van der Waals surface area contributed by atoms with Crippen LogP contribution in [0, 0.1) is 12.8 Å². The molecule has 4 rings (SSSR count). The van der Waals surface area contributed by atoms with Crippen molar-refractivity contribution in [1.29, 1.82) is 0 Å². The van der Waals surface area contributed by atoms with Crippen molar-refractivity contribution in [3.63, 3.8) is 0 Å². The van der Waals surface area contributed by atoms with Crippen LogP contribution in [0.2, 0.25) is 0 Å². The summed E-state index contributed by atoms with van der Waals surface area (Å²) in [6.45, 7) is 3.43. The Hall–Kier alpha value is -2.18. The lowest BCUT2D eigenvalue weighted by molar-refractivity contribution is 0.0776. The first-order valence-corrected chi connectivity index (χ1v) is 8.22. The number of rotatable bonds is 4. The van der Waals surface area contributed by atoms with E-state index < -0.39 is 0 Å². The average Bonchev–Trinajstić information content (AvgIpc) is 2.93. The molecule has 2 aromatic heterocycles. The molecule has 1 unspecified atom stereocenters. The summed E-state index contributed by atoms with van der Waals surface area (Å²) in [5.41, 5.74) is 1.52. The number of carbonyl (C=O) groups is 1. The van der Waals surface area contributed by atoms with E-state index in [1.165, 1.54) is 0 Å². The SMILES string of the molecule is Cc1cc(C(=O)N2CCC(Cc3noc(C4CC4)n3)C2)n(C)n1. The number of aromatic nitrogens is 4. The zero-order chi connectivity index (χ0) is 16.0. The van der Waals surface area contributed by atoms with Gasteiger partial charge < -0.3 is 9.42 Å². The van der Waals surface area contributed by atoms with Crippen LogP contribution in [0.3, 0.4) is 0 Å². The Labute approximate surface area is 134 Å². The number of hydrogen-bond acceptors (Lipinski definition) is 5. The maximum Gasteiger partial charge on any atom is 0.272 e. The van der Waals surface area contributed by atoms with Gasteiger partial charge in [0.15, 0.2) is 5.82 Å². The van der Waals surface area contributed by atoms with Gasteiger partial charge in [0.2, 0.25) is 5.89 Å². The quantitative estimate of drug-likeness (QED) is 0.858. The summed E-state index contributed by atoms with van der Waals surface area (Å²) >= 11 is 0. The molecule has 7 nitrogen and oxygen atoms in total. The highest BCUT2D eigenvalue weighted by molar-refractivity contribution is 5.92. The molecule has 0 radical (unpaired) electrons. The van der Waals surface area contributed by atoms with E-state index >= 15 is 0 Å². The third-order valence-electron chi connectivity index (χ3n) is 4.68. The minimum absolute atomic E-state index is 0.0578. The van der Waals surface area contributed by atoms with Gasteiger partial charge in [-0.15, -0.1) is 0 Å². The molecule has 1 atom stereocenters. The van der Waals surface area contributed by atoms with Gasteiger partial charge in [0, 0.05) is 32.5 Å². The van der Waals surface area contributed by atoms with Crippen LogP contribution in [0.25, 0.3) is 0 Å². The van der Waals surface area contributed by atoms with Gasteiger partial charge in [-0.2, -0.15) is 10.1 Å². The van der Waals surface area contributed by atoms with Gasteiger partial charge in [-0.3, -0.25) is 9.48 Å². The molecule has 2 aliphatic rings. The van der Waals surface area contributed by atoms with Crippen LogP contribution in [0.1, 0.15) is 53.1 Å². The van der Waals surface area contributed by atoms with Gasteiger partial charge in [0.25, 0.3) is 5.91 Å². The molecule has 1 amide bonds. The van der Waals surface area contributed by atoms with Gasteiger partial charge in [-0.25, -0.2) is 0 Å². The van der Waals surface area contributed by atoms with Crippen molar-refractivity contribution in [2.24, 2.45) is 13.0 Å². The highest BCUT2D eigenvalue weighted by Gasteiger charge is 2.32. The number of carbonyl (C=O) groups excluding carboxylic acids is 1. The molecule has 0 bridgehead atoms. The molecule has 0 N–H and O–H groups in total. The smallest absolute Gasteiger partial charge is 0.272 e. The first kappa shape index (κ1) is 14.4. The van der Waals surface area contributed by atoms with Crippen LogP contribution >= 0.6 is 0 Å². The van der Waals surface area contributed by atoms with Crippen LogP contribution in [-0.2, 0) is 13.5 Å². The average molecular weight is 315 g/mol. The first-order valence-electron chi connectivity index (χ1n) is 8.22. The highest BCUT2D eigenvalue weighted by atomic mass is 16.5. The van der Waals surface area contributed by atoms with Crippen molar-refractivity contribution < 1.29 is 9.32 Å². The van der Waals surface area contributed by atoms with Crippen molar-refractivity contribution in [2.75, 3.05) is 13.1 Å². The molecule has 0 spiro atoms. The number of amides is 1. The molecule has 2 fully saturated rings. The molecule has 122 valence electrons. The molecule has 0 aromatic carbocycles. The Kier molecular flexibility index (Phi) is 3.43. The van der Waals surface area contributed by atoms with Gasteiger partial charge in [0.05, 0.1) is 5.69 Å². The molecule has 1 aliphatic carbocycles. The standard InChI is InChI=1S/C16H21N5O2/c1-10-7-13(20(2)18-10)16(22)21-6-5-11(9-21)8-14-17-15(23-19-14)12-3-4-12/h7,11-12H,3-6,8-9H2,1-2H3. The fraction of sp³-hybridized carbons (Fsp3) is 0.625. The van der Waals surface area contributed by atoms with E-state index in [4.69, 9.17) is 4.52 Å². The summed E-state index contributed by atoms with van der Waals surface area (Å²) in [5.74, 6) is 2.52. The monoisotopic (exact) mass is 315 g/mol. The Morgan fingerprint density at radius 3 is 2.91 bits per heavy atom. The molecule has 1 saturated heterocycles. The maximum absolute atomic E-state index is 12.6. The Morgan fingerprint density at radius 1 is 1.39 bits per heavy atom. The molecule has 7 heteroatoms. The zero-order valence-corrected chi connectivity index (χ0v) is 13.5. The Morgan fingerprint density at radius 2 is 2.22 bits per heavy atom. The van der Waals surface area contributed by atoms with E-state index in [9.17, 15) is 4.79 Å². The Bertz CT molecular complexity index is 731.